The number of thiophene rings is 1. The van der Waals surface area contributed by atoms with Gasteiger partial charge in [-0.05, 0) is 67.9 Å². The van der Waals surface area contributed by atoms with Gasteiger partial charge in [-0.2, -0.15) is 0 Å². The number of hydrogen-bond donors (Lipinski definition) is 2. The molecule has 2 N–H and O–H groups in total. The molecule has 5 heteroatoms. The Balaban J connectivity index is 1.36. The van der Waals surface area contributed by atoms with Gasteiger partial charge in [0.25, 0.3) is 0 Å². The van der Waals surface area contributed by atoms with E-state index in [-0.39, 0.29) is 0 Å². The number of aryl methyl sites for hydroxylation is 1. The van der Waals surface area contributed by atoms with Crippen LogP contribution in [0.1, 0.15) is 42.5 Å². The molecule has 0 spiro atoms. The van der Waals surface area contributed by atoms with Gasteiger partial charge in [0.05, 0.1) is 0 Å². The molecule has 0 aliphatic carbocycles. The molecule has 2 aromatic rings. The van der Waals surface area contributed by atoms with Crippen LogP contribution in [0.2, 0.25) is 0 Å². The van der Waals surface area contributed by atoms with Crippen LogP contribution in [0, 0.1) is 6.92 Å². The summed E-state index contributed by atoms with van der Waals surface area (Å²) in [6.45, 7) is 3.23. The summed E-state index contributed by atoms with van der Waals surface area (Å²) in [5.74, 6) is 0. The normalized spacial score (nSPS) is 25.7. The zero-order valence-corrected chi connectivity index (χ0v) is 16.9. The first-order valence-corrected chi connectivity index (χ1v) is 10.9. The van der Waals surface area contributed by atoms with E-state index in [1.54, 1.807) is 0 Å². The van der Waals surface area contributed by atoms with Crippen molar-refractivity contribution in [1.82, 2.24) is 10.2 Å². The maximum atomic E-state index is 5.60. The lowest BCUT2D eigenvalue weighted by Gasteiger charge is -2.49. The van der Waals surface area contributed by atoms with Crippen molar-refractivity contribution in [2.45, 2.75) is 63.7 Å². The second-order valence-electron chi connectivity index (χ2n) is 7.57. The monoisotopic (exact) mass is 385 g/mol. The fourth-order valence-corrected chi connectivity index (χ4v) is 5.48. The molecular formula is C21H27N3S2. The molecule has 3 nitrogen and oxygen atoms in total. The number of fused-ring (bicyclic) bond motifs is 2. The molecule has 1 aromatic carbocycles. The minimum atomic E-state index is 0.480. The highest BCUT2D eigenvalue weighted by Gasteiger charge is 2.38. The largest absolute Gasteiger partial charge is 0.360 e. The van der Waals surface area contributed by atoms with Crippen molar-refractivity contribution in [3.05, 3.63) is 52.2 Å². The van der Waals surface area contributed by atoms with Crippen molar-refractivity contribution in [2.75, 3.05) is 5.32 Å². The average molecular weight is 386 g/mol. The average Bonchev–Trinajstić information content (AvgIpc) is 3.11. The van der Waals surface area contributed by atoms with Gasteiger partial charge < -0.3 is 10.6 Å². The van der Waals surface area contributed by atoms with Crippen molar-refractivity contribution in [3.8, 4) is 0 Å². The molecule has 0 amide bonds. The number of rotatable bonds is 4. The summed E-state index contributed by atoms with van der Waals surface area (Å²) in [4.78, 5) is 4.25. The lowest BCUT2D eigenvalue weighted by Crippen LogP contribution is -2.56. The molecule has 26 heavy (non-hydrogen) atoms. The highest BCUT2D eigenvalue weighted by Crippen LogP contribution is 2.35. The van der Waals surface area contributed by atoms with E-state index in [0.29, 0.717) is 18.1 Å². The smallest absolute Gasteiger partial charge is 0.171 e. The highest BCUT2D eigenvalue weighted by atomic mass is 32.1. The van der Waals surface area contributed by atoms with Crippen LogP contribution in [-0.4, -0.2) is 28.1 Å². The van der Waals surface area contributed by atoms with Gasteiger partial charge in [-0.3, -0.25) is 4.90 Å². The van der Waals surface area contributed by atoms with Gasteiger partial charge >= 0.3 is 0 Å². The number of anilines is 1. The number of benzene rings is 1. The molecule has 0 saturated carbocycles. The lowest BCUT2D eigenvalue weighted by atomic mass is 9.81. The Kier molecular flexibility index (Phi) is 5.57. The Labute approximate surface area is 165 Å². The summed E-state index contributed by atoms with van der Waals surface area (Å²) in [6, 6.07) is 14.6. The fourth-order valence-electron chi connectivity index (χ4n) is 4.49. The van der Waals surface area contributed by atoms with Crippen molar-refractivity contribution >= 4 is 34.4 Å². The van der Waals surface area contributed by atoms with Gasteiger partial charge in [0.15, 0.2) is 5.11 Å². The van der Waals surface area contributed by atoms with Gasteiger partial charge in [-0.25, -0.2) is 0 Å². The summed E-state index contributed by atoms with van der Waals surface area (Å²) in [5.41, 5.74) is 2.32. The van der Waals surface area contributed by atoms with E-state index in [4.69, 9.17) is 12.2 Å². The number of nitrogens with zero attached hydrogens (tertiary/aromatic N) is 1. The molecule has 3 heterocycles. The summed E-state index contributed by atoms with van der Waals surface area (Å²) in [7, 11) is 0. The molecule has 3 atom stereocenters. The van der Waals surface area contributed by atoms with E-state index in [1.807, 2.05) is 17.4 Å². The van der Waals surface area contributed by atoms with Crippen LogP contribution in [0.3, 0.4) is 0 Å². The topological polar surface area (TPSA) is 27.3 Å². The standard InChI is InChI=1S/C21H27N3S2/c1-15-6-2-3-10-20(15)23-21(25)22-16-12-17-7-4-8-18(13-16)24(17)14-19-9-5-11-26-19/h2-3,5-6,9-11,16-18H,4,7-8,12-14H2,1H3,(H2,22,23,25)/t16?,17-,18+. The Morgan fingerprint density at radius 1 is 1.15 bits per heavy atom. The number of hydrogen-bond acceptors (Lipinski definition) is 3. The van der Waals surface area contributed by atoms with Crippen LogP contribution in [-0.2, 0) is 6.54 Å². The number of thiocarbonyl (C=S) groups is 1. The van der Waals surface area contributed by atoms with E-state index in [2.05, 4.69) is 58.2 Å². The second-order valence-corrected chi connectivity index (χ2v) is 9.01. The summed E-state index contributed by atoms with van der Waals surface area (Å²) < 4.78 is 0. The zero-order valence-electron chi connectivity index (χ0n) is 15.3. The van der Waals surface area contributed by atoms with E-state index in [9.17, 15) is 0 Å². The third-order valence-electron chi connectivity index (χ3n) is 5.77. The van der Waals surface area contributed by atoms with Gasteiger partial charge in [-0.1, -0.05) is 30.7 Å². The van der Waals surface area contributed by atoms with Crippen LogP contribution in [0.25, 0.3) is 0 Å². The molecule has 2 aliphatic heterocycles. The first kappa shape index (κ1) is 18.0. The first-order valence-electron chi connectivity index (χ1n) is 9.60. The minimum absolute atomic E-state index is 0.480. The minimum Gasteiger partial charge on any atom is -0.360 e. The van der Waals surface area contributed by atoms with E-state index in [0.717, 1.165) is 17.3 Å². The van der Waals surface area contributed by atoms with Crippen LogP contribution < -0.4 is 10.6 Å². The predicted octanol–water partition coefficient (Wildman–Crippen LogP) is 4.93. The van der Waals surface area contributed by atoms with E-state index < -0.39 is 0 Å². The van der Waals surface area contributed by atoms with Crippen molar-refractivity contribution in [1.29, 1.82) is 0 Å². The third kappa shape index (κ3) is 4.11. The fraction of sp³-hybridized carbons (Fsp3) is 0.476. The van der Waals surface area contributed by atoms with E-state index in [1.165, 1.54) is 42.5 Å². The number of para-hydroxylation sites is 1. The number of piperidine rings is 2. The molecule has 138 valence electrons. The summed E-state index contributed by atoms with van der Waals surface area (Å²) in [6.07, 6.45) is 6.39. The molecule has 1 aromatic heterocycles. The Morgan fingerprint density at radius 2 is 1.92 bits per heavy atom. The summed E-state index contributed by atoms with van der Waals surface area (Å²) in [5, 5.41) is 9.93. The Bertz CT molecular complexity index is 729. The van der Waals surface area contributed by atoms with Crippen LogP contribution in [0.4, 0.5) is 5.69 Å². The van der Waals surface area contributed by atoms with Gasteiger partial charge in [-0.15, -0.1) is 11.3 Å². The molecule has 2 fully saturated rings. The highest BCUT2D eigenvalue weighted by molar-refractivity contribution is 7.80. The van der Waals surface area contributed by atoms with Crippen molar-refractivity contribution < 1.29 is 0 Å². The summed E-state index contributed by atoms with van der Waals surface area (Å²) >= 11 is 7.48. The molecule has 2 aliphatic rings. The molecule has 2 saturated heterocycles. The molecule has 1 unspecified atom stereocenters. The molecule has 2 bridgehead atoms. The van der Waals surface area contributed by atoms with E-state index >= 15 is 0 Å². The number of nitrogens with one attached hydrogen (secondary N) is 2. The molecule has 4 rings (SSSR count). The van der Waals surface area contributed by atoms with Gasteiger partial charge in [0.2, 0.25) is 0 Å². The molecule has 0 radical (unpaired) electrons. The Morgan fingerprint density at radius 3 is 2.62 bits per heavy atom. The van der Waals surface area contributed by atoms with Crippen LogP contribution >= 0.6 is 23.6 Å². The van der Waals surface area contributed by atoms with Gasteiger partial charge in [0.1, 0.15) is 0 Å². The first-order chi connectivity index (χ1) is 12.7. The van der Waals surface area contributed by atoms with Crippen LogP contribution in [0.15, 0.2) is 41.8 Å². The molecular weight excluding hydrogens is 358 g/mol. The van der Waals surface area contributed by atoms with Crippen molar-refractivity contribution in [3.63, 3.8) is 0 Å². The quantitative estimate of drug-likeness (QED) is 0.730. The predicted molar refractivity (Wildman–Crippen MR) is 115 cm³/mol. The Hall–Kier alpha value is -1.43. The lowest BCUT2D eigenvalue weighted by molar-refractivity contribution is 0.0220. The van der Waals surface area contributed by atoms with Gasteiger partial charge in [0, 0.05) is 35.2 Å². The second kappa shape index (κ2) is 8.07. The maximum absolute atomic E-state index is 5.60. The third-order valence-corrected chi connectivity index (χ3v) is 6.85. The maximum Gasteiger partial charge on any atom is 0.171 e. The SMILES string of the molecule is Cc1ccccc1NC(=S)NC1C[C@H]2CCC[C@@H](C1)N2Cc1cccs1. The zero-order chi connectivity index (χ0) is 17.9. The van der Waals surface area contributed by atoms with Crippen LogP contribution in [0.5, 0.6) is 0 Å². The van der Waals surface area contributed by atoms with Crippen molar-refractivity contribution in [2.24, 2.45) is 0 Å².